The number of ketones is 1. The topological polar surface area (TPSA) is 86.6 Å². The van der Waals surface area contributed by atoms with Gasteiger partial charge in [-0.2, -0.15) is 0 Å². The molecule has 0 unspecified atom stereocenters. The summed E-state index contributed by atoms with van der Waals surface area (Å²) >= 11 is 0. The number of aromatic nitrogens is 2. The van der Waals surface area contributed by atoms with Gasteiger partial charge in [-0.25, -0.2) is 4.98 Å². The molecule has 4 rings (SSSR count). The van der Waals surface area contributed by atoms with Gasteiger partial charge in [-0.05, 0) is 30.3 Å². The molecule has 0 amide bonds. The van der Waals surface area contributed by atoms with E-state index in [4.69, 9.17) is 18.6 Å². The van der Waals surface area contributed by atoms with E-state index in [-0.39, 0.29) is 11.5 Å². The zero-order valence-electron chi connectivity index (χ0n) is 15.6. The maximum atomic E-state index is 13.0. The Labute approximate surface area is 160 Å². The first-order valence-corrected chi connectivity index (χ1v) is 8.53. The van der Waals surface area contributed by atoms with Gasteiger partial charge in [-0.3, -0.25) is 4.79 Å². The van der Waals surface area contributed by atoms with Gasteiger partial charge in [-0.1, -0.05) is 6.07 Å². The minimum atomic E-state index is -0.310. The Bertz CT molecular complexity index is 1130. The van der Waals surface area contributed by atoms with Crippen LogP contribution in [-0.2, 0) is 0 Å². The number of carbonyl (C=O) groups excluding carboxylic acids is 1. The van der Waals surface area contributed by atoms with Gasteiger partial charge in [0.2, 0.25) is 17.4 Å². The zero-order valence-corrected chi connectivity index (χ0v) is 15.6. The number of oxazole rings is 1. The van der Waals surface area contributed by atoms with Crippen LogP contribution in [0.1, 0.15) is 16.1 Å². The number of hydrogen-bond donors (Lipinski definition) is 1. The molecule has 0 spiro atoms. The summed E-state index contributed by atoms with van der Waals surface area (Å²) in [5.74, 6) is 1.27. The second kappa shape index (κ2) is 7.11. The molecule has 0 aliphatic heterocycles. The summed E-state index contributed by atoms with van der Waals surface area (Å²) in [6.45, 7) is 0. The smallest absolute Gasteiger partial charge is 0.227 e. The predicted molar refractivity (Wildman–Crippen MR) is 103 cm³/mol. The first kappa shape index (κ1) is 17.7. The largest absolute Gasteiger partial charge is 0.493 e. The number of benzene rings is 2. The van der Waals surface area contributed by atoms with Crippen molar-refractivity contribution in [2.45, 2.75) is 0 Å². The summed E-state index contributed by atoms with van der Waals surface area (Å²) in [6.07, 6.45) is 3.20. The maximum Gasteiger partial charge on any atom is 0.227 e. The third-order valence-corrected chi connectivity index (χ3v) is 4.49. The number of nitrogens with one attached hydrogen (secondary N) is 1. The van der Waals surface area contributed by atoms with Gasteiger partial charge in [-0.15, -0.1) is 0 Å². The number of rotatable bonds is 6. The molecule has 2 aromatic carbocycles. The first-order chi connectivity index (χ1) is 13.7. The Morgan fingerprint density at radius 3 is 2.46 bits per heavy atom. The minimum absolute atomic E-state index is 0.191. The van der Waals surface area contributed by atoms with Crippen LogP contribution in [0.2, 0.25) is 0 Å². The number of hydrogen-bond acceptors (Lipinski definition) is 6. The van der Waals surface area contributed by atoms with Crippen molar-refractivity contribution in [1.82, 2.24) is 9.97 Å². The van der Waals surface area contributed by atoms with Gasteiger partial charge >= 0.3 is 0 Å². The molecule has 142 valence electrons. The van der Waals surface area contributed by atoms with Crippen molar-refractivity contribution in [3.05, 3.63) is 60.1 Å². The number of H-pyrrole nitrogens is 1. The van der Waals surface area contributed by atoms with Crippen LogP contribution in [0.5, 0.6) is 17.2 Å². The lowest BCUT2D eigenvalue weighted by Gasteiger charge is -2.13. The molecular weight excluding hydrogens is 360 g/mol. The lowest BCUT2D eigenvalue weighted by molar-refractivity contribution is 0.103. The Balaban J connectivity index is 1.73. The number of nitrogens with zero attached hydrogens (tertiary/aromatic N) is 1. The highest BCUT2D eigenvalue weighted by molar-refractivity contribution is 6.08. The van der Waals surface area contributed by atoms with Crippen molar-refractivity contribution in [1.29, 1.82) is 0 Å². The molecule has 0 aliphatic carbocycles. The molecule has 4 aromatic rings. The fourth-order valence-electron chi connectivity index (χ4n) is 3.13. The molecule has 0 radical (unpaired) electrons. The Kier molecular flexibility index (Phi) is 4.49. The molecule has 1 N–H and O–H groups in total. The van der Waals surface area contributed by atoms with Crippen molar-refractivity contribution < 1.29 is 23.4 Å². The first-order valence-electron chi connectivity index (χ1n) is 8.53. The third kappa shape index (κ3) is 2.87. The average molecular weight is 378 g/mol. The van der Waals surface area contributed by atoms with E-state index < -0.39 is 0 Å². The molecule has 0 saturated heterocycles. The van der Waals surface area contributed by atoms with E-state index in [9.17, 15) is 4.79 Å². The lowest BCUT2D eigenvalue weighted by Crippen LogP contribution is -2.04. The van der Waals surface area contributed by atoms with Crippen molar-refractivity contribution in [3.8, 4) is 28.7 Å². The van der Waals surface area contributed by atoms with Crippen molar-refractivity contribution in [2.75, 3.05) is 21.3 Å². The Morgan fingerprint density at radius 1 is 1.04 bits per heavy atom. The number of fused-ring (bicyclic) bond motifs is 1. The van der Waals surface area contributed by atoms with Crippen LogP contribution in [-0.4, -0.2) is 37.1 Å². The molecule has 0 fully saturated rings. The third-order valence-electron chi connectivity index (χ3n) is 4.49. The molecule has 0 saturated carbocycles. The molecule has 0 aliphatic rings. The summed E-state index contributed by atoms with van der Waals surface area (Å²) in [5, 5.41) is 0.969. The second-order valence-electron chi connectivity index (χ2n) is 6.03. The Hall–Kier alpha value is -3.74. The summed E-state index contributed by atoms with van der Waals surface area (Å²) in [4.78, 5) is 20.5. The Morgan fingerprint density at radius 2 is 1.79 bits per heavy atom. The van der Waals surface area contributed by atoms with E-state index in [0.717, 1.165) is 16.5 Å². The molecule has 2 aromatic heterocycles. The van der Waals surface area contributed by atoms with Crippen molar-refractivity contribution in [2.24, 2.45) is 0 Å². The number of methoxy groups -OCH3 is 3. The second-order valence-corrected chi connectivity index (χ2v) is 6.03. The van der Waals surface area contributed by atoms with E-state index in [1.807, 2.05) is 30.5 Å². The molecule has 7 nitrogen and oxygen atoms in total. The molecule has 28 heavy (non-hydrogen) atoms. The molecule has 0 bridgehead atoms. The summed E-state index contributed by atoms with van der Waals surface area (Å²) in [5.41, 5.74) is 2.32. The fraction of sp³-hybridized carbons (Fsp3) is 0.143. The van der Waals surface area contributed by atoms with Crippen molar-refractivity contribution in [3.63, 3.8) is 0 Å². The quantitative estimate of drug-likeness (QED) is 0.509. The highest BCUT2D eigenvalue weighted by Crippen LogP contribution is 2.38. The lowest BCUT2D eigenvalue weighted by atomic mass is 10.1. The number of aromatic amines is 1. The van der Waals surface area contributed by atoms with E-state index in [0.29, 0.717) is 28.7 Å². The molecular formula is C21H18N2O5. The maximum absolute atomic E-state index is 13.0. The van der Waals surface area contributed by atoms with E-state index in [1.165, 1.54) is 27.6 Å². The van der Waals surface area contributed by atoms with E-state index in [1.54, 1.807) is 12.1 Å². The molecule has 0 atom stereocenters. The predicted octanol–water partition coefficient (Wildman–Crippen LogP) is 4.08. The summed E-state index contributed by atoms with van der Waals surface area (Å²) < 4.78 is 21.5. The highest BCUT2D eigenvalue weighted by atomic mass is 16.5. The van der Waals surface area contributed by atoms with Crippen molar-refractivity contribution >= 4 is 16.7 Å². The monoisotopic (exact) mass is 378 g/mol. The van der Waals surface area contributed by atoms with E-state index >= 15 is 0 Å². The fourth-order valence-corrected chi connectivity index (χ4v) is 3.13. The SMILES string of the molecule is COc1cc(C(=O)c2coc(-c3cccc4[nH]ccc34)n2)cc(OC)c1OC. The van der Waals surface area contributed by atoms with Gasteiger partial charge < -0.3 is 23.6 Å². The normalized spacial score (nSPS) is 10.8. The van der Waals surface area contributed by atoms with Gasteiger partial charge in [0.25, 0.3) is 0 Å². The van der Waals surface area contributed by atoms with Crippen LogP contribution in [0.25, 0.3) is 22.4 Å². The van der Waals surface area contributed by atoms with Crippen LogP contribution >= 0.6 is 0 Å². The molecule has 7 heteroatoms. The van der Waals surface area contributed by atoms with Crippen LogP contribution in [0.15, 0.2) is 53.3 Å². The van der Waals surface area contributed by atoms with Crippen LogP contribution in [0.3, 0.4) is 0 Å². The van der Waals surface area contributed by atoms with Crippen LogP contribution < -0.4 is 14.2 Å². The molecule has 2 heterocycles. The minimum Gasteiger partial charge on any atom is -0.493 e. The zero-order chi connectivity index (χ0) is 19.7. The summed E-state index contributed by atoms with van der Waals surface area (Å²) in [7, 11) is 4.50. The van der Waals surface area contributed by atoms with Gasteiger partial charge in [0.05, 0.1) is 21.3 Å². The van der Waals surface area contributed by atoms with Crippen LogP contribution in [0, 0.1) is 0 Å². The summed E-state index contributed by atoms with van der Waals surface area (Å²) in [6, 6.07) is 10.9. The van der Waals surface area contributed by atoms with Gasteiger partial charge in [0, 0.05) is 28.2 Å². The number of ether oxygens (including phenoxy) is 3. The standard InChI is InChI=1S/C21H18N2O5/c1-25-17-9-12(10-18(26-2)20(17)27-3)19(24)16-11-28-21(23-16)14-5-4-6-15-13(14)7-8-22-15/h4-11,22H,1-3H3. The van der Waals surface area contributed by atoms with Gasteiger partial charge in [0.15, 0.2) is 17.2 Å². The van der Waals surface area contributed by atoms with Gasteiger partial charge in [0.1, 0.15) is 6.26 Å². The average Bonchev–Trinajstić information content (AvgIpc) is 3.41. The van der Waals surface area contributed by atoms with Crippen LogP contribution in [0.4, 0.5) is 0 Å². The highest BCUT2D eigenvalue weighted by Gasteiger charge is 2.21. The number of carbonyl (C=O) groups is 1. The van der Waals surface area contributed by atoms with E-state index in [2.05, 4.69) is 9.97 Å².